The first-order valence-electron chi connectivity index (χ1n) is 19.0. The lowest BCUT2D eigenvalue weighted by atomic mass is 10.0. The molecular formula is C38H78O5. The van der Waals surface area contributed by atoms with Gasteiger partial charge in [-0.25, -0.2) is 0 Å². The maximum atomic E-state index is 9.63. The first-order chi connectivity index (χ1) is 21.0. The second-order valence-electron chi connectivity index (χ2n) is 14.0. The Balaban J connectivity index is 3.49. The monoisotopic (exact) mass is 615 g/mol. The van der Waals surface area contributed by atoms with Crippen LogP contribution < -0.4 is 0 Å². The smallest absolute Gasteiger partial charge is 0.104 e. The summed E-state index contributed by atoms with van der Waals surface area (Å²) in [6.45, 7) is 11.2. The van der Waals surface area contributed by atoms with E-state index in [-0.39, 0.29) is 25.4 Å². The van der Waals surface area contributed by atoms with Crippen LogP contribution in [0, 0.1) is 11.8 Å². The summed E-state index contributed by atoms with van der Waals surface area (Å²) in [5.41, 5.74) is 0. The summed E-state index contributed by atoms with van der Waals surface area (Å²) in [7, 11) is 0. The molecule has 2 unspecified atom stereocenters. The van der Waals surface area contributed by atoms with Gasteiger partial charge in [-0.2, -0.15) is 0 Å². The molecule has 5 heteroatoms. The fourth-order valence-corrected chi connectivity index (χ4v) is 5.63. The van der Waals surface area contributed by atoms with Gasteiger partial charge >= 0.3 is 0 Å². The first kappa shape index (κ1) is 42.8. The van der Waals surface area contributed by atoms with Crippen molar-refractivity contribution in [3.8, 4) is 0 Å². The van der Waals surface area contributed by atoms with Gasteiger partial charge in [0.25, 0.3) is 0 Å². The minimum absolute atomic E-state index is 0.0413. The number of rotatable bonds is 36. The van der Waals surface area contributed by atoms with E-state index < -0.39 is 0 Å². The predicted molar refractivity (Wildman–Crippen MR) is 185 cm³/mol. The minimum Gasteiger partial charge on any atom is -0.394 e. The molecule has 0 saturated carbocycles. The van der Waals surface area contributed by atoms with Crippen LogP contribution in [0.15, 0.2) is 0 Å². The van der Waals surface area contributed by atoms with E-state index in [1.165, 1.54) is 141 Å². The van der Waals surface area contributed by atoms with E-state index in [9.17, 15) is 10.2 Å². The van der Waals surface area contributed by atoms with Crippen molar-refractivity contribution in [2.75, 3.05) is 39.6 Å². The van der Waals surface area contributed by atoms with E-state index in [1.54, 1.807) is 0 Å². The van der Waals surface area contributed by atoms with Crippen molar-refractivity contribution >= 4 is 0 Å². The lowest BCUT2D eigenvalue weighted by molar-refractivity contribution is -0.0814. The Kier molecular flexibility index (Phi) is 34.5. The molecule has 260 valence electrons. The summed E-state index contributed by atoms with van der Waals surface area (Å²) in [5, 5.41) is 19.3. The second kappa shape index (κ2) is 34.7. The SMILES string of the molecule is CC(C)CCCCCCCCCCCCCOC(CO)COCC(CO)OCCCCCCCCCCCCCC(C)C. The molecule has 0 fully saturated rings. The Morgan fingerprint density at radius 3 is 0.884 bits per heavy atom. The third kappa shape index (κ3) is 34.5. The maximum absolute atomic E-state index is 9.63. The highest BCUT2D eigenvalue weighted by Gasteiger charge is 2.12. The van der Waals surface area contributed by atoms with Gasteiger partial charge in [-0.15, -0.1) is 0 Å². The van der Waals surface area contributed by atoms with E-state index in [0.29, 0.717) is 26.4 Å². The van der Waals surface area contributed by atoms with Gasteiger partial charge in [-0.3, -0.25) is 0 Å². The number of hydrogen-bond acceptors (Lipinski definition) is 5. The Bertz CT molecular complexity index is 469. The van der Waals surface area contributed by atoms with Gasteiger partial charge < -0.3 is 24.4 Å². The number of aliphatic hydroxyl groups is 2. The van der Waals surface area contributed by atoms with Crippen LogP contribution in [0.3, 0.4) is 0 Å². The molecule has 0 aromatic carbocycles. The molecule has 0 aromatic heterocycles. The van der Waals surface area contributed by atoms with Crippen LogP contribution >= 0.6 is 0 Å². The Morgan fingerprint density at radius 2 is 0.628 bits per heavy atom. The fraction of sp³-hybridized carbons (Fsp3) is 1.00. The van der Waals surface area contributed by atoms with Crippen molar-refractivity contribution in [2.24, 2.45) is 11.8 Å². The molecule has 0 heterocycles. The topological polar surface area (TPSA) is 68.2 Å². The van der Waals surface area contributed by atoms with Crippen LogP contribution in [0.1, 0.15) is 182 Å². The molecule has 0 saturated heterocycles. The second-order valence-corrected chi connectivity index (χ2v) is 14.0. The van der Waals surface area contributed by atoms with Crippen LogP contribution in [-0.2, 0) is 14.2 Å². The molecule has 0 aliphatic carbocycles. The van der Waals surface area contributed by atoms with Gasteiger partial charge in [0.1, 0.15) is 12.2 Å². The molecule has 0 aliphatic rings. The van der Waals surface area contributed by atoms with Crippen molar-refractivity contribution in [1.29, 1.82) is 0 Å². The zero-order chi connectivity index (χ0) is 31.6. The molecule has 43 heavy (non-hydrogen) atoms. The van der Waals surface area contributed by atoms with E-state index in [2.05, 4.69) is 27.7 Å². The highest BCUT2D eigenvalue weighted by molar-refractivity contribution is 4.59. The number of ether oxygens (including phenoxy) is 3. The third-order valence-electron chi connectivity index (χ3n) is 8.57. The predicted octanol–water partition coefficient (Wildman–Crippen LogP) is 10.4. The molecule has 0 spiro atoms. The molecule has 0 aliphatic heterocycles. The fourth-order valence-electron chi connectivity index (χ4n) is 5.63. The minimum atomic E-state index is -0.301. The summed E-state index contributed by atoms with van der Waals surface area (Å²) in [5.74, 6) is 1.71. The van der Waals surface area contributed by atoms with Gasteiger partial charge in [-0.1, -0.05) is 169 Å². The molecule has 0 amide bonds. The number of unbranched alkanes of at least 4 members (excludes halogenated alkanes) is 20. The van der Waals surface area contributed by atoms with Gasteiger partial charge in [0.2, 0.25) is 0 Å². The zero-order valence-electron chi connectivity index (χ0n) is 29.6. The largest absolute Gasteiger partial charge is 0.394 e. The van der Waals surface area contributed by atoms with Crippen LogP contribution in [-0.4, -0.2) is 62.1 Å². The molecule has 0 bridgehead atoms. The van der Waals surface area contributed by atoms with Gasteiger partial charge in [0, 0.05) is 13.2 Å². The van der Waals surface area contributed by atoms with Gasteiger partial charge in [0.15, 0.2) is 0 Å². The summed E-state index contributed by atoms with van der Waals surface area (Å²) in [6.07, 6.45) is 31.3. The molecule has 2 N–H and O–H groups in total. The highest BCUT2D eigenvalue weighted by Crippen LogP contribution is 2.15. The van der Waals surface area contributed by atoms with Crippen LogP contribution in [0.4, 0.5) is 0 Å². The van der Waals surface area contributed by atoms with Gasteiger partial charge in [0.05, 0.1) is 26.4 Å². The first-order valence-corrected chi connectivity index (χ1v) is 19.0. The average molecular weight is 615 g/mol. The maximum Gasteiger partial charge on any atom is 0.104 e. The Hall–Kier alpha value is -0.200. The lowest BCUT2D eigenvalue weighted by Crippen LogP contribution is -2.30. The Morgan fingerprint density at radius 1 is 0.372 bits per heavy atom. The molecule has 0 aromatic rings. The zero-order valence-corrected chi connectivity index (χ0v) is 29.6. The van der Waals surface area contributed by atoms with Crippen molar-refractivity contribution in [3.05, 3.63) is 0 Å². The quantitative estimate of drug-likeness (QED) is 0.0687. The molecule has 0 radical (unpaired) electrons. The molecule has 2 atom stereocenters. The normalized spacial score (nSPS) is 13.4. The standard InChI is InChI=1S/C38H78O5/c1-35(2)27-23-19-15-11-7-5-9-13-17-21-25-29-42-37(31-39)33-41-34-38(32-40)43-30-26-22-18-14-10-6-8-12-16-20-24-28-36(3)4/h35-40H,5-34H2,1-4H3. The average Bonchev–Trinajstić information content (AvgIpc) is 2.99. The Labute approximate surface area is 269 Å². The number of hydrogen-bond donors (Lipinski definition) is 2. The van der Waals surface area contributed by atoms with Crippen LogP contribution in [0.2, 0.25) is 0 Å². The van der Waals surface area contributed by atoms with Crippen molar-refractivity contribution in [3.63, 3.8) is 0 Å². The van der Waals surface area contributed by atoms with E-state index in [0.717, 1.165) is 24.7 Å². The van der Waals surface area contributed by atoms with Crippen LogP contribution in [0.25, 0.3) is 0 Å². The summed E-state index contributed by atoms with van der Waals surface area (Å²) in [6, 6.07) is 0. The molecular weight excluding hydrogens is 536 g/mol. The van der Waals surface area contributed by atoms with Crippen LogP contribution in [0.5, 0.6) is 0 Å². The summed E-state index contributed by atoms with van der Waals surface area (Å²) >= 11 is 0. The molecule has 5 nitrogen and oxygen atoms in total. The van der Waals surface area contributed by atoms with Crippen molar-refractivity contribution in [2.45, 2.75) is 194 Å². The summed E-state index contributed by atoms with van der Waals surface area (Å²) < 4.78 is 17.4. The van der Waals surface area contributed by atoms with Crippen molar-refractivity contribution in [1.82, 2.24) is 0 Å². The third-order valence-corrected chi connectivity index (χ3v) is 8.57. The van der Waals surface area contributed by atoms with E-state index in [1.807, 2.05) is 0 Å². The highest BCUT2D eigenvalue weighted by atomic mass is 16.6. The van der Waals surface area contributed by atoms with E-state index >= 15 is 0 Å². The van der Waals surface area contributed by atoms with Crippen molar-refractivity contribution < 1.29 is 24.4 Å². The van der Waals surface area contributed by atoms with Gasteiger partial charge in [-0.05, 0) is 24.7 Å². The van der Waals surface area contributed by atoms with E-state index in [4.69, 9.17) is 14.2 Å². The molecule has 0 rings (SSSR count). The summed E-state index contributed by atoms with van der Waals surface area (Å²) in [4.78, 5) is 0. The lowest BCUT2D eigenvalue weighted by Gasteiger charge is -2.19. The number of aliphatic hydroxyl groups excluding tert-OH is 2.